The van der Waals surface area contributed by atoms with Gasteiger partial charge in [0.05, 0.1) is 11.4 Å². The summed E-state index contributed by atoms with van der Waals surface area (Å²) in [6, 6.07) is 18.8. The van der Waals surface area contributed by atoms with Gasteiger partial charge in [0, 0.05) is 11.3 Å². The fourth-order valence-corrected chi connectivity index (χ4v) is 6.27. The number of benzene rings is 2. The van der Waals surface area contributed by atoms with E-state index in [4.69, 9.17) is 0 Å². The third-order valence-electron chi connectivity index (χ3n) is 6.30. The van der Waals surface area contributed by atoms with Gasteiger partial charge in [-0.3, -0.25) is 9.59 Å². The van der Waals surface area contributed by atoms with E-state index in [1.54, 1.807) is 11.8 Å². The molecular weight excluding hydrogens is 392 g/mol. The lowest BCUT2D eigenvalue weighted by molar-refractivity contribution is -0.125. The number of carbonyl (C=O) groups excluding carboxylic acids is 2. The van der Waals surface area contributed by atoms with E-state index in [1.165, 1.54) is 19.3 Å². The number of thioether (sulfide) groups is 1. The average Bonchev–Trinajstić information content (AvgIpc) is 3.25. The second-order valence-corrected chi connectivity index (χ2v) is 9.51. The zero-order chi connectivity index (χ0) is 20.9. The highest BCUT2D eigenvalue weighted by Crippen LogP contribution is 2.41. The molecule has 1 aliphatic heterocycles. The lowest BCUT2D eigenvalue weighted by atomic mass is 9.88. The summed E-state index contributed by atoms with van der Waals surface area (Å²) in [6.07, 6.45) is 6.00. The van der Waals surface area contributed by atoms with Crippen molar-refractivity contribution in [2.45, 2.75) is 56.5 Å². The molecule has 3 unspecified atom stereocenters. The predicted octanol–water partition coefficient (Wildman–Crippen LogP) is 5.03. The third-order valence-corrected chi connectivity index (χ3v) is 7.77. The van der Waals surface area contributed by atoms with Crippen LogP contribution in [0.2, 0.25) is 0 Å². The molecule has 4 rings (SSSR count). The second-order valence-electron chi connectivity index (χ2n) is 8.36. The van der Waals surface area contributed by atoms with Crippen molar-refractivity contribution in [1.29, 1.82) is 0 Å². The number of nitrogens with zero attached hydrogens (tertiary/aromatic N) is 1. The Hall–Kier alpha value is -2.27. The fourth-order valence-electron chi connectivity index (χ4n) is 4.63. The molecule has 1 saturated heterocycles. The standard InChI is InChI=1S/C25H30N2O2S/c1-18(19-11-5-2-6-12-19)26-23(28)22-17-30-25(21-15-9-4-10-16-21)27(22)24(29)20-13-7-3-8-14-20/h2-3,5-8,11-14,18,21-22,25H,4,9-10,15-17H2,1H3,(H,26,28). The lowest BCUT2D eigenvalue weighted by Crippen LogP contribution is -2.51. The van der Waals surface area contributed by atoms with Crippen LogP contribution in [0.5, 0.6) is 0 Å². The van der Waals surface area contributed by atoms with E-state index in [0.717, 1.165) is 18.4 Å². The van der Waals surface area contributed by atoms with Crippen molar-refractivity contribution >= 4 is 23.6 Å². The topological polar surface area (TPSA) is 49.4 Å². The average molecular weight is 423 g/mol. The molecule has 0 radical (unpaired) electrons. The maximum Gasteiger partial charge on any atom is 0.255 e. The molecule has 5 heteroatoms. The van der Waals surface area contributed by atoms with Gasteiger partial charge in [-0.1, -0.05) is 67.8 Å². The summed E-state index contributed by atoms with van der Waals surface area (Å²) in [6.45, 7) is 2.00. The molecule has 1 heterocycles. The van der Waals surface area contributed by atoms with Gasteiger partial charge in [-0.15, -0.1) is 11.8 Å². The van der Waals surface area contributed by atoms with Gasteiger partial charge in [0.25, 0.3) is 5.91 Å². The van der Waals surface area contributed by atoms with Crippen molar-refractivity contribution in [3.05, 3.63) is 71.8 Å². The zero-order valence-corrected chi connectivity index (χ0v) is 18.3. The monoisotopic (exact) mass is 422 g/mol. The summed E-state index contributed by atoms with van der Waals surface area (Å²) in [4.78, 5) is 28.7. The summed E-state index contributed by atoms with van der Waals surface area (Å²) in [5, 5.41) is 3.24. The Morgan fingerprint density at radius 3 is 2.27 bits per heavy atom. The van der Waals surface area contributed by atoms with Crippen LogP contribution in [0.3, 0.4) is 0 Å². The largest absolute Gasteiger partial charge is 0.348 e. The van der Waals surface area contributed by atoms with E-state index >= 15 is 0 Å². The Labute approximate surface area is 183 Å². The Kier molecular flexibility index (Phi) is 6.78. The number of rotatable bonds is 5. The molecule has 2 aliphatic rings. The van der Waals surface area contributed by atoms with Gasteiger partial charge in [0.2, 0.25) is 5.91 Å². The quantitative estimate of drug-likeness (QED) is 0.735. The predicted molar refractivity (Wildman–Crippen MR) is 122 cm³/mol. The second kappa shape index (κ2) is 9.69. The van der Waals surface area contributed by atoms with Gasteiger partial charge in [0.15, 0.2) is 0 Å². The number of carbonyl (C=O) groups is 2. The highest BCUT2D eigenvalue weighted by molar-refractivity contribution is 8.00. The summed E-state index contributed by atoms with van der Waals surface area (Å²) in [5.41, 5.74) is 1.73. The zero-order valence-electron chi connectivity index (χ0n) is 17.5. The Balaban J connectivity index is 1.55. The molecule has 0 aromatic heterocycles. The maximum atomic E-state index is 13.5. The minimum atomic E-state index is -0.430. The first-order valence-electron chi connectivity index (χ1n) is 11.0. The minimum Gasteiger partial charge on any atom is -0.348 e. The fraction of sp³-hybridized carbons (Fsp3) is 0.440. The Morgan fingerprint density at radius 1 is 0.967 bits per heavy atom. The summed E-state index contributed by atoms with van der Waals surface area (Å²) < 4.78 is 0. The van der Waals surface area contributed by atoms with Crippen molar-refractivity contribution in [3.8, 4) is 0 Å². The van der Waals surface area contributed by atoms with E-state index < -0.39 is 6.04 Å². The number of hydrogen-bond acceptors (Lipinski definition) is 3. The van der Waals surface area contributed by atoms with Crippen molar-refractivity contribution in [1.82, 2.24) is 10.2 Å². The molecule has 3 atom stereocenters. The molecule has 30 heavy (non-hydrogen) atoms. The van der Waals surface area contributed by atoms with Crippen molar-refractivity contribution < 1.29 is 9.59 Å². The summed E-state index contributed by atoms with van der Waals surface area (Å²) in [7, 11) is 0. The first-order chi connectivity index (χ1) is 14.6. The van der Waals surface area contributed by atoms with Crippen LogP contribution < -0.4 is 5.32 Å². The summed E-state index contributed by atoms with van der Waals surface area (Å²) in [5.74, 6) is 1.05. The molecule has 2 fully saturated rings. The van der Waals surface area contributed by atoms with Crippen LogP contribution in [0.4, 0.5) is 0 Å². The van der Waals surface area contributed by atoms with Crippen LogP contribution in [0.1, 0.15) is 61.0 Å². The van der Waals surface area contributed by atoms with Gasteiger partial charge < -0.3 is 10.2 Å². The SMILES string of the molecule is CC(NC(=O)C1CSC(C2CCCCC2)N1C(=O)c1ccccc1)c1ccccc1. The molecule has 1 aliphatic carbocycles. The van der Waals surface area contributed by atoms with Crippen LogP contribution >= 0.6 is 11.8 Å². The molecule has 4 nitrogen and oxygen atoms in total. The van der Waals surface area contributed by atoms with Crippen molar-refractivity contribution in [2.75, 3.05) is 5.75 Å². The lowest BCUT2D eigenvalue weighted by Gasteiger charge is -2.35. The normalized spacial score (nSPS) is 23.2. The van der Waals surface area contributed by atoms with Gasteiger partial charge in [0.1, 0.15) is 6.04 Å². The first kappa shape index (κ1) is 21.0. The number of nitrogens with one attached hydrogen (secondary N) is 1. The van der Waals surface area contributed by atoms with Gasteiger partial charge in [-0.25, -0.2) is 0 Å². The van der Waals surface area contributed by atoms with Crippen LogP contribution in [-0.2, 0) is 4.79 Å². The molecule has 0 spiro atoms. The highest BCUT2D eigenvalue weighted by Gasteiger charge is 2.45. The first-order valence-corrected chi connectivity index (χ1v) is 12.0. The molecule has 2 amide bonds. The van der Waals surface area contributed by atoms with E-state index in [2.05, 4.69) is 5.32 Å². The van der Waals surface area contributed by atoms with Crippen molar-refractivity contribution in [3.63, 3.8) is 0 Å². The van der Waals surface area contributed by atoms with E-state index in [-0.39, 0.29) is 23.2 Å². The highest BCUT2D eigenvalue weighted by atomic mass is 32.2. The van der Waals surface area contributed by atoms with Crippen LogP contribution in [0, 0.1) is 5.92 Å². The van der Waals surface area contributed by atoms with Gasteiger partial charge in [-0.05, 0) is 43.4 Å². The smallest absolute Gasteiger partial charge is 0.255 e. The molecular formula is C25H30N2O2S. The maximum absolute atomic E-state index is 13.5. The molecule has 2 aromatic rings. The minimum absolute atomic E-state index is 0.0244. The number of hydrogen-bond donors (Lipinski definition) is 1. The van der Waals surface area contributed by atoms with Gasteiger partial charge >= 0.3 is 0 Å². The van der Waals surface area contributed by atoms with E-state index in [1.807, 2.05) is 72.5 Å². The van der Waals surface area contributed by atoms with Crippen LogP contribution in [-0.4, -0.2) is 33.9 Å². The van der Waals surface area contributed by atoms with Crippen LogP contribution in [0.15, 0.2) is 60.7 Å². The Bertz CT molecular complexity index is 852. The third kappa shape index (κ3) is 4.56. The van der Waals surface area contributed by atoms with Crippen molar-refractivity contribution in [2.24, 2.45) is 5.92 Å². The summed E-state index contributed by atoms with van der Waals surface area (Å²) >= 11 is 1.78. The molecule has 1 N–H and O–H groups in total. The molecule has 1 saturated carbocycles. The molecule has 158 valence electrons. The van der Waals surface area contributed by atoms with E-state index in [0.29, 0.717) is 17.2 Å². The number of amides is 2. The molecule has 0 bridgehead atoms. The molecule has 2 aromatic carbocycles. The van der Waals surface area contributed by atoms with Crippen LogP contribution in [0.25, 0.3) is 0 Å². The Morgan fingerprint density at radius 2 is 1.60 bits per heavy atom. The van der Waals surface area contributed by atoms with E-state index in [9.17, 15) is 9.59 Å². The van der Waals surface area contributed by atoms with Gasteiger partial charge in [-0.2, -0.15) is 0 Å².